The fourth-order valence-electron chi connectivity index (χ4n) is 3.00. The second kappa shape index (κ2) is 6.28. The van der Waals surface area contributed by atoms with Gasteiger partial charge in [-0.25, -0.2) is 4.79 Å². The number of hydrogen-bond donors (Lipinski definition) is 1. The first kappa shape index (κ1) is 16.5. The molecule has 2 heterocycles. The summed E-state index contributed by atoms with van der Waals surface area (Å²) in [4.78, 5) is 25.7. The molecule has 1 aliphatic rings. The Hall–Kier alpha value is -2.34. The summed E-state index contributed by atoms with van der Waals surface area (Å²) in [7, 11) is 0. The summed E-state index contributed by atoms with van der Waals surface area (Å²) < 4.78 is 11.1. The molecule has 0 saturated carbocycles. The summed E-state index contributed by atoms with van der Waals surface area (Å²) in [5.74, 6) is 0.371. The zero-order chi connectivity index (χ0) is 17.4. The van der Waals surface area contributed by atoms with Crippen molar-refractivity contribution in [1.82, 2.24) is 4.90 Å². The Kier molecular flexibility index (Phi) is 4.32. The highest BCUT2D eigenvalue weighted by molar-refractivity contribution is 5.88. The molecule has 1 aromatic heterocycles. The van der Waals surface area contributed by atoms with Gasteiger partial charge in [-0.1, -0.05) is 0 Å². The van der Waals surface area contributed by atoms with E-state index in [9.17, 15) is 14.7 Å². The van der Waals surface area contributed by atoms with Crippen LogP contribution >= 0.6 is 0 Å². The van der Waals surface area contributed by atoms with Crippen LogP contribution in [0.5, 0.6) is 5.75 Å². The standard InChI is InChI=1S/C18H21NO5/c1-10-6-14(23-9-16(21)19-5-4-13(20)8-19)17-11(2)12(3)18(22)24-15(17)7-10/h6-7,13,20H,4-5,8-9H2,1-3H3/t13-/m1/s1. The molecule has 6 nitrogen and oxygen atoms in total. The molecule has 1 saturated heterocycles. The molecule has 1 aliphatic heterocycles. The number of carbonyl (C=O) groups is 1. The van der Waals surface area contributed by atoms with Crippen LogP contribution in [0.1, 0.15) is 23.1 Å². The minimum absolute atomic E-state index is 0.108. The largest absolute Gasteiger partial charge is 0.483 e. The van der Waals surface area contributed by atoms with E-state index in [1.807, 2.05) is 19.9 Å². The first-order valence-electron chi connectivity index (χ1n) is 8.00. The number of rotatable bonds is 3. The number of likely N-dealkylation sites (tertiary alicyclic amines) is 1. The van der Waals surface area contributed by atoms with Crippen molar-refractivity contribution in [3.63, 3.8) is 0 Å². The van der Waals surface area contributed by atoms with Crippen molar-refractivity contribution in [1.29, 1.82) is 0 Å². The zero-order valence-corrected chi connectivity index (χ0v) is 14.1. The lowest BCUT2D eigenvalue weighted by atomic mass is 10.0. The van der Waals surface area contributed by atoms with Crippen molar-refractivity contribution >= 4 is 16.9 Å². The fraction of sp³-hybridized carbons (Fsp3) is 0.444. The minimum atomic E-state index is -0.451. The Morgan fingerprint density at radius 2 is 2.08 bits per heavy atom. The van der Waals surface area contributed by atoms with Gasteiger partial charge in [0, 0.05) is 18.7 Å². The highest BCUT2D eigenvalue weighted by atomic mass is 16.5. The van der Waals surface area contributed by atoms with Crippen LogP contribution in [0.2, 0.25) is 0 Å². The number of β-amino-alcohol motifs (C(OH)–C–C–N with tert-alkyl or cyclic N) is 1. The Morgan fingerprint density at radius 1 is 1.33 bits per heavy atom. The monoisotopic (exact) mass is 331 g/mol. The van der Waals surface area contributed by atoms with Gasteiger partial charge in [0.05, 0.1) is 11.5 Å². The Balaban J connectivity index is 1.90. The van der Waals surface area contributed by atoms with Gasteiger partial charge in [0.1, 0.15) is 11.3 Å². The summed E-state index contributed by atoms with van der Waals surface area (Å²) in [6, 6.07) is 3.62. The van der Waals surface area contributed by atoms with Crippen molar-refractivity contribution in [3.8, 4) is 5.75 Å². The number of hydrogen-bond acceptors (Lipinski definition) is 5. The maximum atomic E-state index is 12.2. The van der Waals surface area contributed by atoms with Crippen LogP contribution in [0.15, 0.2) is 21.3 Å². The number of carbonyl (C=O) groups excluding carboxylic acids is 1. The molecule has 0 unspecified atom stereocenters. The van der Waals surface area contributed by atoms with Crippen LogP contribution in [0.25, 0.3) is 11.0 Å². The van der Waals surface area contributed by atoms with E-state index in [1.54, 1.807) is 17.9 Å². The Bertz CT molecular complexity index is 855. The molecule has 128 valence electrons. The lowest BCUT2D eigenvalue weighted by Gasteiger charge is -2.17. The molecule has 0 bridgehead atoms. The molecule has 1 aromatic carbocycles. The van der Waals surface area contributed by atoms with Gasteiger partial charge in [-0.05, 0) is 50.5 Å². The Morgan fingerprint density at radius 3 is 2.75 bits per heavy atom. The van der Waals surface area contributed by atoms with Gasteiger partial charge in [0.15, 0.2) is 6.61 Å². The first-order chi connectivity index (χ1) is 11.4. The molecule has 1 fully saturated rings. The van der Waals surface area contributed by atoms with Crippen molar-refractivity contribution in [3.05, 3.63) is 39.2 Å². The van der Waals surface area contributed by atoms with Crippen LogP contribution < -0.4 is 10.4 Å². The lowest BCUT2D eigenvalue weighted by Crippen LogP contribution is -2.33. The van der Waals surface area contributed by atoms with Crippen LogP contribution in [0.4, 0.5) is 0 Å². The smallest absolute Gasteiger partial charge is 0.339 e. The van der Waals surface area contributed by atoms with Gasteiger partial charge in [0.25, 0.3) is 5.91 Å². The van der Waals surface area contributed by atoms with E-state index in [4.69, 9.17) is 9.15 Å². The highest BCUT2D eigenvalue weighted by Crippen LogP contribution is 2.30. The minimum Gasteiger partial charge on any atom is -0.483 e. The predicted molar refractivity (Wildman–Crippen MR) is 89.4 cm³/mol. The molecule has 0 aliphatic carbocycles. The maximum Gasteiger partial charge on any atom is 0.339 e. The van der Waals surface area contributed by atoms with E-state index in [-0.39, 0.29) is 18.1 Å². The van der Waals surface area contributed by atoms with Gasteiger partial charge in [0.2, 0.25) is 0 Å². The fourth-order valence-corrected chi connectivity index (χ4v) is 3.00. The van der Waals surface area contributed by atoms with Gasteiger partial charge >= 0.3 is 5.63 Å². The third kappa shape index (κ3) is 3.01. The quantitative estimate of drug-likeness (QED) is 0.866. The first-order valence-corrected chi connectivity index (χ1v) is 8.00. The number of benzene rings is 1. The predicted octanol–water partition coefficient (Wildman–Crippen LogP) is 1.69. The van der Waals surface area contributed by atoms with Crippen LogP contribution in [-0.2, 0) is 4.79 Å². The average Bonchev–Trinajstić information content (AvgIpc) is 2.96. The van der Waals surface area contributed by atoms with Gasteiger partial charge in [-0.3, -0.25) is 4.79 Å². The molecular formula is C18H21NO5. The SMILES string of the molecule is Cc1cc(OCC(=O)N2CC[C@@H](O)C2)c2c(C)c(C)c(=O)oc2c1. The number of aliphatic hydroxyl groups is 1. The summed E-state index contributed by atoms with van der Waals surface area (Å²) in [5.41, 5.74) is 2.30. The number of aryl methyl sites for hydroxylation is 2. The van der Waals surface area contributed by atoms with Crippen molar-refractivity contribution in [2.45, 2.75) is 33.3 Å². The maximum absolute atomic E-state index is 12.2. The lowest BCUT2D eigenvalue weighted by molar-refractivity contribution is -0.132. The van der Waals surface area contributed by atoms with Crippen LogP contribution in [0.3, 0.4) is 0 Å². The second-order valence-electron chi connectivity index (χ2n) is 6.35. The molecule has 24 heavy (non-hydrogen) atoms. The number of fused-ring (bicyclic) bond motifs is 1. The Labute approximate surface area is 139 Å². The molecule has 0 spiro atoms. The van der Waals surface area contributed by atoms with Crippen molar-refractivity contribution in [2.75, 3.05) is 19.7 Å². The number of amides is 1. The molecule has 0 radical (unpaired) electrons. The third-order valence-electron chi connectivity index (χ3n) is 4.52. The summed E-state index contributed by atoms with van der Waals surface area (Å²) in [6.07, 6.45) is 0.149. The number of aliphatic hydroxyl groups excluding tert-OH is 1. The van der Waals surface area contributed by atoms with E-state index < -0.39 is 6.10 Å². The van der Waals surface area contributed by atoms with E-state index in [1.165, 1.54) is 0 Å². The van der Waals surface area contributed by atoms with Gasteiger partial charge in [-0.2, -0.15) is 0 Å². The number of nitrogens with zero attached hydrogens (tertiary/aromatic N) is 1. The summed E-state index contributed by atoms with van der Waals surface area (Å²) >= 11 is 0. The van der Waals surface area contributed by atoms with Crippen molar-refractivity contribution in [2.24, 2.45) is 0 Å². The van der Waals surface area contributed by atoms with E-state index >= 15 is 0 Å². The van der Waals surface area contributed by atoms with E-state index in [0.29, 0.717) is 41.8 Å². The molecule has 1 N–H and O–H groups in total. The molecular weight excluding hydrogens is 310 g/mol. The zero-order valence-electron chi connectivity index (χ0n) is 14.1. The summed E-state index contributed by atoms with van der Waals surface area (Å²) in [5, 5.41) is 10.2. The third-order valence-corrected chi connectivity index (χ3v) is 4.52. The average molecular weight is 331 g/mol. The normalized spacial score (nSPS) is 17.5. The van der Waals surface area contributed by atoms with Gasteiger partial charge < -0.3 is 19.2 Å². The van der Waals surface area contributed by atoms with Crippen molar-refractivity contribution < 1.29 is 19.1 Å². The molecule has 1 amide bonds. The van der Waals surface area contributed by atoms with Crippen LogP contribution in [0, 0.1) is 20.8 Å². The van der Waals surface area contributed by atoms with E-state index in [0.717, 1.165) is 11.1 Å². The molecule has 3 rings (SSSR count). The second-order valence-corrected chi connectivity index (χ2v) is 6.35. The highest BCUT2D eigenvalue weighted by Gasteiger charge is 2.25. The van der Waals surface area contributed by atoms with Crippen LogP contribution in [-0.4, -0.2) is 41.7 Å². The number of ether oxygens (including phenoxy) is 1. The molecule has 2 aromatic rings. The summed E-state index contributed by atoms with van der Waals surface area (Å²) in [6.45, 7) is 6.22. The van der Waals surface area contributed by atoms with E-state index in [2.05, 4.69) is 0 Å². The molecule has 1 atom stereocenters. The molecule has 6 heteroatoms. The topological polar surface area (TPSA) is 80.0 Å². The van der Waals surface area contributed by atoms with Gasteiger partial charge in [-0.15, -0.1) is 0 Å².